The summed E-state index contributed by atoms with van der Waals surface area (Å²) in [4.78, 5) is 25.3. The molecule has 0 saturated heterocycles. The molecule has 1 aromatic carbocycles. The second kappa shape index (κ2) is 8.37. The first-order chi connectivity index (χ1) is 14.9. The quantitative estimate of drug-likeness (QED) is 0.475. The highest BCUT2D eigenvalue weighted by Crippen LogP contribution is 2.27. The molecular formula is C23H28N6O2. The molecule has 0 spiro atoms. The molecule has 0 radical (unpaired) electrons. The molecule has 2 atom stereocenters. The van der Waals surface area contributed by atoms with Gasteiger partial charge in [-0.05, 0) is 43.5 Å². The van der Waals surface area contributed by atoms with Gasteiger partial charge in [0.2, 0.25) is 5.88 Å². The van der Waals surface area contributed by atoms with Gasteiger partial charge in [0.25, 0.3) is 5.91 Å². The number of nitrogens with zero attached hydrogens (tertiary/aromatic N) is 4. The molecule has 162 valence electrons. The van der Waals surface area contributed by atoms with Crippen molar-refractivity contribution in [2.75, 3.05) is 6.61 Å². The van der Waals surface area contributed by atoms with Crippen LogP contribution in [0.4, 0.5) is 0 Å². The van der Waals surface area contributed by atoms with Crippen molar-refractivity contribution in [1.29, 1.82) is 0 Å². The first-order valence-electron chi connectivity index (χ1n) is 10.5. The van der Waals surface area contributed by atoms with Crippen LogP contribution >= 0.6 is 0 Å². The summed E-state index contributed by atoms with van der Waals surface area (Å²) < 4.78 is 7.50. The number of para-hydroxylation sites is 2. The van der Waals surface area contributed by atoms with E-state index in [1.807, 2.05) is 51.2 Å². The standard InChI is InChI=1S/C23H28N6O2/c1-6-13(2)20(21-25-16-9-7-8-10-17(16)26-21)27-18(30)12-31-23-19-14(3)11-15(4)24-22(19)29(5)28-23/h7-11,13,20H,6,12H2,1-5H3,(H,25,26)(H,27,30). The summed E-state index contributed by atoms with van der Waals surface area (Å²) in [7, 11) is 1.82. The smallest absolute Gasteiger partial charge is 0.258 e. The van der Waals surface area contributed by atoms with Crippen LogP contribution in [0.2, 0.25) is 0 Å². The number of H-pyrrole nitrogens is 1. The maximum atomic E-state index is 12.8. The molecule has 0 aliphatic carbocycles. The number of aromatic nitrogens is 5. The molecule has 4 aromatic rings. The third-order valence-electron chi connectivity index (χ3n) is 5.66. The molecule has 2 N–H and O–H groups in total. The van der Waals surface area contributed by atoms with Crippen LogP contribution in [0.25, 0.3) is 22.1 Å². The number of pyridine rings is 1. The lowest BCUT2D eigenvalue weighted by Crippen LogP contribution is -2.36. The van der Waals surface area contributed by atoms with Crippen LogP contribution in [0.15, 0.2) is 30.3 Å². The van der Waals surface area contributed by atoms with E-state index >= 15 is 0 Å². The van der Waals surface area contributed by atoms with Crippen molar-refractivity contribution in [2.45, 2.75) is 40.2 Å². The summed E-state index contributed by atoms with van der Waals surface area (Å²) in [6.07, 6.45) is 0.901. The van der Waals surface area contributed by atoms with Crippen LogP contribution in [0.3, 0.4) is 0 Å². The van der Waals surface area contributed by atoms with Crippen molar-refractivity contribution >= 4 is 28.0 Å². The topological polar surface area (TPSA) is 97.7 Å². The van der Waals surface area contributed by atoms with E-state index in [0.717, 1.165) is 45.6 Å². The van der Waals surface area contributed by atoms with Crippen LogP contribution in [-0.4, -0.2) is 37.2 Å². The van der Waals surface area contributed by atoms with Gasteiger partial charge in [0.05, 0.1) is 22.5 Å². The fourth-order valence-electron chi connectivity index (χ4n) is 3.83. The number of rotatable bonds is 7. The Morgan fingerprint density at radius 3 is 2.77 bits per heavy atom. The van der Waals surface area contributed by atoms with Crippen LogP contribution in [0, 0.1) is 19.8 Å². The number of aromatic amines is 1. The minimum atomic E-state index is -0.236. The Bertz CT molecular complexity index is 1210. The lowest BCUT2D eigenvalue weighted by atomic mass is 9.98. The van der Waals surface area contributed by atoms with Gasteiger partial charge < -0.3 is 15.0 Å². The van der Waals surface area contributed by atoms with Crippen molar-refractivity contribution < 1.29 is 9.53 Å². The van der Waals surface area contributed by atoms with E-state index in [1.54, 1.807) is 4.68 Å². The van der Waals surface area contributed by atoms with Crippen molar-refractivity contribution in [3.05, 3.63) is 47.4 Å². The van der Waals surface area contributed by atoms with Crippen molar-refractivity contribution in [3.63, 3.8) is 0 Å². The number of hydrogen-bond donors (Lipinski definition) is 2. The summed E-state index contributed by atoms with van der Waals surface area (Å²) in [6, 6.07) is 9.60. The first-order valence-corrected chi connectivity index (χ1v) is 10.5. The number of carbonyl (C=O) groups is 1. The highest BCUT2D eigenvalue weighted by atomic mass is 16.5. The van der Waals surface area contributed by atoms with E-state index in [4.69, 9.17) is 4.74 Å². The number of ether oxygens (including phenoxy) is 1. The summed E-state index contributed by atoms with van der Waals surface area (Å²) >= 11 is 0. The molecule has 8 heteroatoms. The fraction of sp³-hybridized carbons (Fsp3) is 0.391. The van der Waals surface area contributed by atoms with Gasteiger partial charge >= 0.3 is 0 Å². The SMILES string of the molecule is CCC(C)C(NC(=O)COc1nn(C)c2nc(C)cc(C)c12)c1nc2ccccc2[nH]1. The minimum absolute atomic E-state index is 0.132. The molecule has 8 nitrogen and oxygen atoms in total. The molecule has 0 aliphatic rings. The number of fused-ring (bicyclic) bond motifs is 2. The number of nitrogens with one attached hydrogen (secondary N) is 2. The summed E-state index contributed by atoms with van der Waals surface area (Å²) in [5, 5.41) is 8.33. The first kappa shape index (κ1) is 20.8. The average molecular weight is 421 g/mol. The average Bonchev–Trinajstić information content (AvgIpc) is 3.31. The largest absolute Gasteiger partial charge is 0.466 e. The van der Waals surface area contributed by atoms with Gasteiger partial charge in [0.1, 0.15) is 5.82 Å². The molecule has 0 aliphatic heterocycles. The van der Waals surface area contributed by atoms with Gasteiger partial charge in [0.15, 0.2) is 12.3 Å². The maximum absolute atomic E-state index is 12.8. The summed E-state index contributed by atoms with van der Waals surface area (Å²) in [5.41, 5.74) is 4.52. The highest BCUT2D eigenvalue weighted by Gasteiger charge is 2.24. The van der Waals surface area contributed by atoms with E-state index in [0.29, 0.717) is 5.88 Å². The molecule has 0 saturated carbocycles. The van der Waals surface area contributed by atoms with E-state index in [-0.39, 0.29) is 24.5 Å². The van der Waals surface area contributed by atoms with Gasteiger partial charge in [-0.15, -0.1) is 5.10 Å². The molecule has 1 amide bonds. The van der Waals surface area contributed by atoms with E-state index in [1.165, 1.54) is 0 Å². The van der Waals surface area contributed by atoms with Gasteiger partial charge in [-0.3, -0.25) is 4.79 Å². The van der Waals surface area contributed by atoms with Crippen LogP contribution in [0.5, 0.6) is 5.88 Å². The highest BCUT2D eigenvalue weighted by molar-refractivity contribution is 5.86. The number of imidazole rings is 1. The second-order valence-electron chi connectivity index (χ2n) is 8.07. The zero-order valence-electron chi connectivity index (χ0n) is 18.6. The van der Waals surface area contributed by atoms with E-state index in [2.05, 4.69) is 39.2 Å². The number of carbonyl (C=O) groups excluding carboxylic acids is 1. The van der Waals surface area contributed by atoms with Crippen LogP contribution in [-0.2, 0) is 11.8 Å². The molecule has 3 aromatic heterocycles. The Labute approximate surface area is 181 Å². The molecule has 3 heterocycles. The van der Waals surface area contributed by atoms with E-state index < -0.39 is 0 Å². The van der Waals surface area contributed by atoms with Crippen molar-refractivity contribution in [3.8, 4) is 5.88 Å². The molecule has 31 heavy (non-hydrogen) atoms. The van der Waals surface area contributed by atoms with Crippen LogP contribution in [0.1, 0.15) is 43.4 Å². The zero-order chi connectivity index (χ0) is 22.1. The summed E-state index contributed by atoms with van der Waals surface area (Å²) in [6.45, 7) is 8.00. The van der Waals surface area contributed by atoms with E-state index in [9.17, 15) is 4.79 Å². The monoisotopic (exact) mass is 420 g/mol. The Morgan fingerprint density at radius 2 is 2.03 bits per heavy atom. The van der Waals surface area contributed by atoms with Crippen molar-refractivity contribution in [1.82, 2.24) is 30.0 Å². The molecule has 0 bridgehead atoms. The Morgan fingerprint density at radius 1 is 1.26 bits per heavy atom. The predicted octanol–water partition coefficient (Wildman–Crippen LogP) is 3.74. The number of hydrogen-bond acceptors (Lipinski definition) is 5. The fourth-order valence-corrected chi connectivity index (χ4v) is 3.83. The lowest BCUT2D eigenvalue weighted by Gasteiger charge is -2.22. The van der Waals surface area contributed by atoms with Gasteiger partial charge in [-0.1, -0.05) is 32.4 Å². The predicted molar refractivity (Wildman–Crippen MR) is 120 cm³/mol. The van der Waals surface area contributed by atoms with Gasteiger partial charge in [-0.25, -0.2) is 14.6 Å². The second-order valence-corrected chi connectivity index (χ2v) is 8.07. The lowest BCUT2D eigenvalue weighted by molar-refractivity contribution is -0.124. The third-order valence-corrected chi connectivity index (χ3v) is 5.66. The molecule has 4 rings (SSSR count). The number of aryl methyl sites for hydroxylation is 3. The van der Waals surface area contributed by atoms with Gasteiger partial charge in [0, 0.05) is 12.7 Å². The van der Waals surface area contributed by atoms with Crippen LogP contribution < -0.4 is 10.1 Å². The Balaban J connectivity index is 1.52. The Kier molecular flexibility index (Phi) is 5.63. The normalized spacial score (nSPS) is 13.5. The third kappa shape index (κ3) is 4.10. The molecule has 0 fully saturated rings. The molecule has 2 unspecified atom stereocenters. The van der Waals surface area contributed by atoms with Gasteiger partial charge in [-0.2, -0.15) is 0 Å². The summed E-state index contributed by atoms with van der Waals surface area (Å²) in [5.74, 6) is 1.15. The molecular weight excluding hydrogens is 392 g/mol. The zero-order valence-corrected chi connectivity index (χ0v) is 18.6. The number of amides is 1. The Hall–Kier alpha value is -3.42. The minimum Gasteiger partial charge on any atom is -0.466 e. The maximum Gasteiger partial charge on any atom is 0.258 e. The number of benzene rings is 1. The van der Waals surface area contributed by atoms with Crippen molar-refractivity contribution in [2.24, 2.45) is 13.0 Å².